The maximum Gasteiger partial charge on any atom is 0.289 e. The van der Waals surface area contributed by atoms with E-state index in [1.165, 1.54) is 0 Å². The average Bonchev–Trinajstić information content (AvgIpc) is 2.29. The van der Waals surface area contributed by atoms with Crippen molar-refractivity contribution in [3.05, 3.63) is 27.9 Å². The highest BCUT2D eigenvalue weighted by Gasteiger charge is 2.18. The van der Waals surface area contributed by atoms with E-state index < -0.39 is 10.5 Å². The Hall–Kier alpha value is -2.60. The Morgan fingerprint density at radius 2 is 2.29 bits per heavy atom. The highest BCUT2D eigenvalue weighted by Crippen LogP contribution is 2.20. The van der Waals surface area contributed by atoms with Crippen LogP contribution in [0.1, 0.15) is 19.4 Å². The molecular weight excluding hydrogens is 220 g/mol. The molecule has 0 spiro atoms. The molecule has 0 bridgehead atoms. The van der Waals surface area contributed by atoms with Crippen molar-refractivity contribution < 1.29 is 4.92 Å². The number of nitrogens with zero attached hydrogens (tertiary/aromatic N) is 3. The number of nitrogens with one attached hydrogen (secondary N) is 1. The van der Waals surface area contributed by atoms with Gasteiger partial charge >= 0.3 is 0 Å². The lowest BCUT2D eigenvalue weighted by Gasteiger charge is -2.20. The molecule has 1 rings (SSSR count). The average molecular weight is 230 g/mol. The molecule has 0 radical (unpaired) electrons. The quantitative estimate of drug-likeness (QED) is 0.484. The van der Waals surface area contributed by atoms with Gasteiger partial charge in [0.2, 0.25) is 0 Å². The molecule has 6 heteroatoms. The Labute approximate surface area is 98.4 Å². The van der Waals surface area contributed by atoms with Crippen molar-refractivity contribution in [3.63, 3.8) is 0 Å². The summed E-state index contributed by atoms with van der Waals surface area (Å²) in [6.07, 6.45) is 6.37. The van der Waals surface area contributed by atoms with Gasteiger partial charge in [0.15, 0.2) is 0 Å². The van der Waals surface area contributed by atoms with Crippen LogP contribution in [0.2, 0.25) is 0 Å². The number of rotatable bonds is 3. The molecule has 0 saturated carbocycles. The smallest absolute Gasteiger partial charge is 0.289 e. The van der Waals surface area contributed by atoms with Crippen LogP contribution < -0.4 is 5.32 Å². The molecule has 0 aliphatic heterocycles. The van der Waals surface area contributed by atoms with Crippen molar-refractivity contribution in [2.45, 2.75) is 19.4 Å². The molecule has 1 aromatic rings. The number of hydrogen-bond acceptors (Lipinski definition) is 5. The van der Waals surface area contributed by atoms with Gasteiger partial charge in [-0.25, -0.2) is 4.98 Å². The minimum atomic E-state index is -0.686. The molecule has 0 saturated heterocycles. The summed E-state index contributed by atoms with van der Waals surface area (Å²) < 4.78 is 0. The van der Waals surface area contributed by atoms with Gasteiger partial charge in [-0.1, -0.05) is 5.92 Å². The number of anilines is 1. The standard InChI is InChI=1S/C11H10N4O2/c1-4-11(2,3)14-10-8(6-12)5-9(7-13-10)15(16)17/h1,5,7H,2-3H3,(H,13,14). The van der Waals surface area contributed by atoms with E-state index in [2.05, 4.69) is 16.2 Å². The minimum absolute atomic E-state index is 0.0857. The van der Waals surface area contributed by atoms with Gasteiger partial charge in [-0.15, -0.1) is 6.42 Å². The van der Waals surface area contributed by atoms with Crippen LogP contribution in [-0.4, -0.2) is 15.4 Å². The first-order valence-electron chi connectivity index (χ1n) is 4.70. The Balaban J connectivity index is 3.16. The summed E-state index contributed by atoms with van der Waals surface area (Å²) in [5.74, 6) is 2.72. The lowest BCUT2D eigenvalue weighted by atomic mass is 10.1. The van der Waals surface area contributed by atoms with Crippen LogP contribution in [-0.2, 0) is 0 Å². The van der Waals surface area contributed by atoms with E-state index in [0.717, 1.165) is 12.3 Å². The fraction of sp³-hybridized carbons (Fsp3) is 0.273. The lowest BCUT2D eigenvalue weighted by Crippen LogP contribution is -2.29. The van der Waals surface area contributed by atoms with E-state index in [1.54, 1.807) is 13.8 Å². The summed E-state index contributed by atoms with van der Waals surface area (Å²) >= 11 is 0. The molecular formula is C11H10N4O2. The van der Waals surface area contributed by atoms with Crippen LogP contribution in [0.3, 0.4) is 0 Å². The van der Waals surface area contributed by atoms with E-state index >= 15 is 0 Å². The molecule has 0 amide bonds. The topological polar surface area (TPSA) is 91.8 Å². The Morgan fingerprint density at radius 1 is 1.65 bits per heavy atom. The second-order valence-corrected chi connectivity index (χ2v) is 3.85. The summed E-state index contributed by atoms with van der Waals surface area (Å²) in [6, 6.07) is 2.99. The third-order valence-electron chi connectivity index (χ3n) is 2.00. The molecule has 0 unspecified atom stereocenters. The molecule has 0 aromatic carbocycles. The molecule has 1 heterocycles. The van der Waals surface area contributed by atoms with Crippen LogP contribution in [0, 0.1) is 33.8 Å². The number of hydrogen-bond donors (Lipinski definition) is 1. The van der Waals surface area contributed by atoms with Crippen LogP contribution in [0.25, 0.3) is 0 Å². The van der Waals surface area contributed by atoms with Crippen molar-refractivity contribution in [3.8, 4) is 18.4 Å². The molecule has 17 heavy (non-hydrogen) atoms. The molecule has 1 N–H and O–H groups in total. The first kappa shape index (κ1) is 12.5. The van der Waals surface area contributed by atoms with E-state index in [0.29, 0.717) is 0 Å². The summed E-state index contributed by atoms with van der Waals surface area (Å²) in [7, 11) is 0. The number of pyridine rings is 1. The van der Waals surface area contributed by atoms with Crippen molar-refractivity contribution in [2.75, 3.05) is 5.32 Å². The normalized spacial score (nSPS) is 10.1. The van der Waals surface area contributed by atoms with Crippen molar-refractivity contribution in [2.24, 2.45) is 0 Å². The van der Waals surface area contributed by atoms with E-state index in [1.807, 2.05) is 6.07 Å². The van der Waals surface area contributed by atoms with Gasteiger partial charge in [-0.05, 0) is 13.8 Å². The van der Waals surface area contributed by atoms with Crippen molar-refractivity contribution in [1.82, 2.24) is 4.98 Å². The van der Waals surface area contributed by atoms with Gasteiger partial charge < -0.3 is 5.32 Å². The predicted octanol–water partition coefficient (Wildman–Crippen LogP) is 1.69. The number of terminal acetylenes is 1. The van der Waals surface area contributed by atoms with Crippen LogP contribution in [0.4, 0.5) is 11.5 Å². The largest absolute Gasteiger partial charge is 0.353 e. The monoisotopic (exact) mass is 230 g/mol. The van der Waals surface area contributed by atoms with Crippen LogP contribution in [0.5, 0.6) is 0 Å². The van der Waals surface area contributed by atoms with Gasteiger partial charge in [0.25, 0.3) is 5.69 Å². The summed E-state index contributed by atoms with van der Waals surface area (Å²) in [5, 5.41) is 22.3. The van der Waals surface area contributed by atoms with Crippen molar-refractivity contribution in [1.29, 1.82) is 5.26 Å². The first-order valence-corrected chi connectivity index (χ1v) is 4.70. The summed E-state index contributed by atoms with van der Waals surface area (Å²) in [5.41, 5.74) is -0.831. The fourth-order valence-electron chi connectivity index (χ4n) is 1.07. The van der Waals surface area contributed by atoms with Crippen LogP contribution >= 0.6 is 0 Å². The number of aromatic nitrogens is 1. The van der Waals surface area contributed by atoms with Gasteiger partial charge in [0, 0.05) is 6.07 Å². The summed E-state index contributed by atoms with van der Waals surface area (Å²) in [4.78, 5) is 13.8. The SMILES string of the molecule is C#CC(C)(C)Nc1ncc([N+](=O)[O-])cc1C#N. The molecule has 86 valence electrons. The van der Waals surface area contributed by atoms with Gasteiger partial charge in [0.1, 0.15) is 23.6 Å². The molecule has 0 fully saturated rings. The number of nitriles is 1. The Bertz CT molecular complexity index is 537. The third kappa shape index (κ3) is 2.93. The second-order valence-electron chi connectivity index (χ2n) is 3.85. The van der Waals surface area contributed by atoms with Gasteiger partial charge in [-0.3, -0.25) is 10.1 Å². The van der Waals surface area contributed by atoms with E-state index in [4.69, 9.17) is 11.7 Å². The number of nitro groups is 1. The van der Waals surface area contributed by atoms with Crippen LogP contribution in [0.15, 0.2) is 12.3 Å². The van der Waals surface area contributed by atoms with E-state index in [9.17, 15) is 10.1 Å². The predicted molar refractivity (Wildman–Crippen MR) is 62.1 cm³/mol. The Kier molecular flexibility index (Phi) is 3.30. The molecule has 0 atom stereocenters. The zero-order chi connectivity index (χ0) is 13.1. The zero-order valence-electron chi connectivity index (χ0n) is 9.39. The molecule has 0 aliphatic rings. The maximum atomic E-state index is 10.5. The molecule has 1 aromatic heterocycles. The van der Waals surface area contributed by atoms with Crippen molar-refractivity contribution >= 4 is 11.5 Å². The lowest BCUT2D eigenvalue weighted by molar-refractivity contribution is -0.385. The highest BCUT2D eigenvalue weighted by molar-refractivity contribution is 5.57. The highest BCUT2D eigenvalue weighted by atomic mass is 16.6. The zero-order valence-corrected chi connectivity index (χ0v) is 9.39. The first-order chi connectivity index (χ1) is 7.89. The summed E-state index contributed by atoms with van der Waals surface area (Å²) in [6.45, 7) is 3.47. The fourth-order valence-corrected chi connectivity index (χ4v) is 1.07. The molecule has 0 aliphatic carbocycles. The second kappa shape index (κ2) is 4.50. The van der Waals surface area contributed by atoms with Gasteiger partial charge in [0.05, 0.1) is 10.5 Å². The van der Waals surface area contributed by atoms with Gasteiger partial charge in [-0.2, -0.15) is 5.26 Å². The maximum absolute atomic E-state index is 10.5. The third-order valence-corrected chi connectivity index (χ3v) is 2.00. The molecule has 6 nitrogen and oxygen atoms in total. The van der Waals surface area contributed by atoms with E-state index in [-0.39, 0.29) is 17.1 Å². The minimum Gasteiger partial charge on any atom is -0.353 e. The Morgan fingerprint density at radius 3 is 2.76 bits per heavy atom.